The number of esters is 1. The Kier molecular flexibility index (Phi) is 6.14. The van der Waals surface area contributed by atoms with Crippen LogP contribution >= 0.6 is 7.60 Å². The van der Waals surface area contributed by atoms with E-state index in [0.717, 1.165) is 5.56 Å². The van der Waals surface area contributed by atoms with Crippen LogP contribution in [-0.4, -0.2) is 19.2 Å². The third-order valence-electron chi connectivity index (χ3n) is 2.40. The van der Waals surface area contributed by atoms with Crippen LogP contribution in [-0.2, 0) is 18.3 Å². The van der Waals surface area contributed by atoms with E-state index in [4.69, 9.17) is 13.8 Å². The Morgan fingerprint density at radius 2 is 1.65 bits per heavy atom. The van der Waals surface area contributed by atoms with Gasteiger partial charge in [0.2, 0.25) is 5.50 Å². The molecular formula is C14H19O5P. The Labute approximate surface area is 119 Å². The third kappa shape index (κ3) is 4.30. The van der Waals surface area contributed by atoms with Crippen LogP contribution in [0.15, 0.2) is 36.3 Å². The number of hydrogen-bond donors (Lipinski definition) is 0. The summed E-state index contributed by atoms with van der Waals surface area (Å²) in [5.74, 6) is -0.644. The van der Waals surface area contributed by atoms with Crippen molar-refractivity contribution >= 4 is 13.6 Å². The molecule has 0 atom stereocenters. The number of benzene rings is 1. The Morgan fingerprint density at radius 1 is 1.15 bits per heavy atom. The fourth-order valence-corrected chi connectivity index (χ4v) is 2.67. The molecule has 0 saturated carbocycles. The first kappa shape index (κ1) is 16.6. The van der Waals surface area contributed by atoms with Crippen LogP contribution < -0.4 is 0 Å². The molecular weight excluding hydrogens is 279 g/mol. The summed E-state index contributed by atoms with van der Waals surface area (Å²) >= 11 is 0. The minimum Gasteiger partial charge on any atom is -0.415 e. The molecule has 0 heterocycles. The molecule has 0 aliphatic rings. The molecule has 6 heteroatoms. The van der Waals surface area contributed by atoms with Crippen LogP contribution in [0, 0.1) is 6.92 Å². The van der Waals surface area contributed by atoms with Gasteiger partial charge in [0, 0.05) is 0 Å². The Morgan fingerprint density at radius 3 is 2.10 bits per heavy atom. The van der Waals surface area contributed by atoms with E-state index in [2.05, 4.69) is 6.58 Å². The lowest BCUT2D eigenvalue weighted by Gasteiger charge is -2.18. The number of ether oxygens (including phenoxy) is 1. The summed E-state index contributed by atoms with van der Waals surface area (Å²) in [4.78, 5) is 11.9. The van der Waals surface area contributed by atoms with Crippen molar-refractivity contribution in [3.05, 3.63) is 47.5 Å². The average Bonchev–Trinajstić information content (AvgIpc) is 2.39. The van der Waals surface area contributed by atoms with Gasteiger partial charge in [0.15, 0.2) is 0 Å². The second-order valence-electron chi connectivity index (χ2n) is 3.98. The van der Waals surface area contributed by atoms with Crippen LogP contribution in [0.2, 0.25) is 0 Å². The predicted molar refractivity (Wildman–Crippen MR) is 76.6 cm³/mol. The van der Waals surface area contributed by atoms with Gasteiger partial charge in [0.1, 0.15) is 0 Å². The summed E-state index contributed by atoms with van der Waals surface area (Å²) in [6, 6.07) is 6.81. The number of carbonyl (C=O) groups excluding carboxylic acids is 1. The molecule has 20 heavy (non-hydrogen) atoms. The molecule has 5 nitrogen and oxygen atoms in total. The maximum absolute atomic E-state index is 12.3. The minimum absolute atomic E-state index is 0.165. The SMILES string of the molecule is C=C(OC(=O)c1ccc(C)cc1)P(=O)(OCC)OCC. The molecule has 0 radical (unpaired) electrons. The standard InChI is InChI=1S/C14H19O5P/c1-5-17-20(16,18-6-2)12(4)19-14(15)13-9-7-11(3)8-10-13/h7-10H,4-6H2,1-3H3. The monoisotopic (exact) mass is 298 g/mol. The Balaban J connectivity index is 2.80. The van der Waals surface area contributed by atoms with Crippen molar-refractivity contribution < 1.29 is 23.1 Å². The zero-order valence-electron chi connectivity index (χ0n) is 11.9. The van der Waals surface area contributed by atoms with Crippen LogP contribution in [0.25, 0.3) is 0 Å². The van der Waals surface area contributed by atoms with Gasteiger partial charge in [-0.15, -0.1) is 0 Å². The molecule has 0 aromatic heterocycles. The van der Waals surface area contributed by atoms with Gasteiger partial charge in [-0.2, -0.15) is 0 Å². The lowest BCUT2D eigenvalue weighted by molar-refractivity contribution is 0.0628. The lowest BCUT2D eigenvalue weighted by atomic mass is 10.2. The first-order valence-electron chi connectivity index (χ1n) is 6.30. The summed E-state index contributed by atoms with van der Waals surface area (Å²) < 4.78 is 27.4. The van der Waals surface area contributed by atoms with Gasteiger partial charge >= 0.3 is 13.6 Å². The fourth-order valence-electron chi connectivity index (χ4n) is 1.43. The van der Waals surface area contributed by atoms with Crippen molar-refractivity contribution in [2.45, 2.75) is 20.8 Å². The van der Waals surface area contributed by atoms with E-state index >= 15 is 0 Å². The quantitative estimate of drug-likeness (QED) is 0.434. The normalized spacial score (nSPS) is 11.2. The molecule has 0 unspecified atom stereocenters. The van der Waals surface area contributed by atoms with Gasteiger partial charge in [-0.1, -0.05) is 17.7 Å². The maximum Gasteiger partial charge on any atom is 0.395 e. The van der Waals surface area contributed by atoms with E-state index < -0.39 is 13.6 Å². The topological polar surface area (TPSA) is 61.8 Å². The van der Waals surface area contributed by atoms with E-state index in [9.17, 15) is 9.36 Å². The third-order valence-corrected chi connectivity index (χ3v) is 4.30. The first-order chi connectivity index (χ1) is 9.42. The number of hydrogen-bond acceptors (Lipinski definition) is 5. The van der Waals surface area contributed by atoms with E-state index in [-0.39, 0.29) is 18.7 Å². The van der Waals surface area contributed by atoms with Gasteiger partial charge in [0.05, 0.1) is 18.8 Å². The van der Waals surface area contributed by atoms with Crippen LogP contribution in [0.3, 0.4) is 0 Å². The number of carbonyl (C=O) groups is 1. The molecule has 0 amide bonds. The number of aryl methyl sites for hydroxylation is 1. The molecule has 1 aromatic carbocycles. The second kappa shape index (κ2) is 7.39. The van der Waals surface area contributed by atoms with Gasteiger partial charge in [-0.3, -0.25) is 4.57 Å². The molecule has 0 bridgehead atoms. The van der Waals surface area contributed by atoms with Crippen molar-refractivity contribution in [3.8, 4) is 0 Å². The summed E-state index contributed by atoms with van der Waals surface area (Å²) in [5, 5.41) is 0. The van der Waals surface area contributed by atoms with Gasteiger partial charge < -0.3 is 13.8 Å². The lowest BCUT2D eigenvalue weighted by Crippen LogP contribution is -2.07. The van der Waals surface area contributed by atoms with Crippen LogP contribution in [0.5, 0.6) is 0 Å². The van der Waals surface area contributed by atoms with Crippen molar-refractivity contribution in [3.63, 3.8) is 0 Å². The summed E-state index contributed by atoms with van der Waals surface area (Å²) in [6.45, 7) is 9.06. The highest BCUT2D eigenvalue weighted by Gasteiger charge is 2.31. The molecule has 110 valence electrons. The van der Waals surface area contributed by atoms with Gasteiger partial charge in [-0.05, 0) is 39.5 Å². The van der Waals surface area contributed by atoms with E-state index in [1.54, 1.807) is 38.1 Å². The molecule has 0 spiro atoms. The highest BCUT2D eigenvalue weighted by Crippen LogP contribution is 2.55. The van der Waals surface area contributed by atoms with E-state index in [1.807, 2.05) is 6.92 Å². The predicted octanol–water partition coefficient (Wildman–Crippen LogP) is 3.89. The Hall–Kier alpha value is -1.42. The fraction of sp³-hybridized carbons (Fsp3) is 0.357. The van der Waals surface area contributed by atoms with Crippen LogP contribution in [0.1, 0.15) is 29.8 Å². The summed E-state index contributed by atoms with van der Waals surface area (Å²) in [7, 11) is -3.63. The van der Waals surface area contributed by atoms with Gasteiger partial charge in [0.25, 0.3) is 0 Å². The molecule has 1 rings (SSSR count). The zero-order chi connectivity index (χ0) is 15.2. The number of rotatable bonds is 7. The van der Waals surface area contributed by atoms with Crippen molar-refractivity contribution in [1.82, 2.24) is 0 Å². The largest absolute Gasteiger partial charge is 0.415 e. The summed E-state index contributed by atoms with van der Waals surface area (Å²) in [5.41, 5.74) is 1.07. The average molecular weight is 298 g/mol. The van der Waals surface area contributed by atoms with E-state index in [1.165, 1.54) is 0 Å². The molecule has 0 aliphatic carbocycles. The smallest absolute Gasteiger partial charge is 0.395 e. The molecule has 0 fully saturated rings. The van der Waals surface area contributed by atoms with Gasteiger partial charge in [-0.25, -0.2) is 4.79 Å². The zero-order valence-corrected chi connectivity index (χ0v) is 12.8. The molecule has 0 saturated heterocycles. The maximum atomic E-state index is 12.3. The Bertz CT molecular complexity index is 511. The highest BCUT2D eigenvalue weighted by atomic mass is 31.2. The highest BCUT2D eigenvalue weighted by molar-refractivity contribution is 7.58. The molecule has 1 aromatic rings. The van der Waals surface area contributed by atoms with Crippen molar-refractivity contribution in [2.75, 3.05) is 13.2 Å². The van der Waals surface area contributed by atoms with Crippen molar-refractivity contribution in [1.29, 1.82) is 0 Å². The summed E-state index contributed by atoms with van der Waals surface area (Å²) in [6.07, 6.45) is 0. The first-order valence-corrected chi connectivity index (χ1v) is 7.84. The van der Waals surface area contributed by atoms with Crippen LogP contribution in [0.4, 0.5) is 0 Å². The van der Waals surface area contributed by atoms with Crippen molar-refractivity contribution in [2.24, 2.45) is 0 Å². The minimum atomic E-state index is -3.63. The van der Waals surface area contributed by atoms with E-state index in [0.29, 0.717) is 5.56 Å². The molecule has 0 N–H and O–H groups in total. The second-order valence-corrected chi connectivity index (χ2v) is 5.99. The molecule has 0 aliphatic heterocycles.